The number of hydrogen-bond acceptors (Lipinski definition) is 4. The van der Waals surface area contributed by atoms with Crippen molar-refractivity contribution in [2.24, 2.45) is 0 Å². The van der Waals surface area contributed by atoms with Crippen LogP contribution < -0.4 is 5.32 Å². The molecule has 0 aromatic heterocycles. The molecule has 1 saturated heterocycles. The Labute approximate surface area is 138 Å². The van der Waals surface area contributed by atoms with Gasteiger partial charge in [-0.15, -0.1) is 25.6 Å². The van der Waals surface area contributed by atoms with Crippen molar-refractivity contribution >= 4 is 24.2 Å². The number of carbonyl (C=O) groups excluding carboxylic acids is 2. The highest BCUT2D eigenvalue weighted by Crippen LogP contribution is 2.07. The van der Waals surface area contributed by atoms with Gasteiger partial charge in [0, 0.05) is 39.8 Å². The summed E-state index contributed by atoms with van der Waals surface area (Å²) >= 11 is 0. The normalized spacial score (nSPS) is 17.6. The molecule has 0 aromatic rings. The third kappa shape index (κ3) is 6.17. The van der Waals surface area contributed by atoms with Crippen LogP contribution in [0.5, 0.6) is 0 Å². The lowest BCUT2D eigenvalue weighted by Crippen LogP contribution is -2.57. The van der Waals surface area contributed by atoms with Crippen LogP contribution in [0.2, 0.25) is 0 Å². The zero-order valence-corrected chi connectivity index (χ0v) is 13.9. The van der Waals surface area contributed by atoms with Crippen LogP contribution >= 0.6 is 12.4 Å². The predicted octanol–water partition coefficient (Wildman–Crippen LogP) is 0.446. The molecular weight excluding hydrogens is 306 g/mol. The fourth-order valence-electron chi connectivity index (χ4n) is 2.27. The second-order valence-electron chi connectivity index (χ2n) is 4.90. The third-order valence-corrected chi connectivity index (χ3v) is 3.38. The van der Waals surface area contributed by atoms with E-state index in [1.165, 1.54) is 0 Å². The lowest BCUT2D eigenvalue weighted by molar-refractivity contribution is -0.141. The number of hydrogen-bond donors (Lipinski definition) is 1. The van der Waals surface area contributed by atoms with Gasteiger partial charge in [0.25, 0.3) is 0 Å². The van der Waals surface area contributed by atoms with E-state index < -0.39 is 6.04 Å². The molecule has 6 nitrogen and oxygen atoms in total. The molecule has 1 unspecified atom stereocenters. The summed E-state index contributed by atoms with van der Waals surface area (Å²) in [5.41, 5.74) is 0. The van der Waals surface area contributed by atoms with Crippen LogP contribution in [-0.4, -0.2) is 74.1 Å². The molecule has 1 N–H and O–H groups in total. The maximum Gasteiger partial charge on any atom is 0.240 e. The molecule has 0 bridgehead atoms. The predicted molar refractivity (Wildman–Crippen MR) is 89.1 cm³/mol. The van der Waals surface area contributed by atoms with E-state index in [-0.39, 0.29) is 30.6 Å². The van der Waals surface area contributed by atoms with Crippen molar-refractivity contribution in [2.75, 3.05) is 46.4 Å². The number of methoxy groups -OCH3 is 1. The summed E-state index contributed by atoms with van der Waals surface area (Å²) in [6, 6.07) is -0.458. The average Bonchev–Trinajstić information content (AvgIpc) is 2.48. The molecule has 7 heteroatoms. The minimum Gasteiger partial charge on any atom is -0.383 e. The Morgan fingerprint density at radius 3 is 2.64 bits per heavy atom. The highest BCUT2D eigenvalue weighted by molar-refractivity contribution is 5.89. The Bertz CT molecular complexity index is 380. The van der Waals surface area contributed by atoms with Gasteiger partial charge in [-0.1, -0.05) is 12.2 Å². The fraction of sp³-hybridized carbons (Fsp3) is 0.600. The molecule has 1 rings (SSSR count). The molecular formula is C15H26ClN3O3. The summed E-state index contributed by atoms with van der Waals surface area (Å²) in [6.07, 6.45) is 3.49. The lowest BCUT2D eigenvalue weighted by atomic mass is 10.1. The van der Waals surface area contributed by atoms with E-state index in [0.717, 1.165) is 0 Å². The Morgan fingerprint density at radius 2 is 2.09 bits per heavy atom. The van der Waals surface area contributed by atoms with E-state index in [4.69, 9.17) is 4.74 Å². The summed E-state index contributed by atoms with van der Waals surface area (Å²) in [5.74, 6) is -0.113. The van der Waals surface area contributed by atoms with Crippen molar-refractivity contribution in [1.29, 1.82) is 0 Å². The van der Waals surface area contributed by atoms with E-state index in [1.807, 2.05) is 0 Å². The topological polar surface area (TPSA) is 61.9 Å². The minimum atomic E-state index is -0.458. The van der Waals surface area contributed by atoms with Crippen LogP contribution in [0.15, 0.2) is 25.3 Å². The highest BCUT2D eigenvalue weighted by Gasteiger charge is 2.30. The summed E-state index contributed by atoms with van der Waals surface area (Å²) in [5, 5.41) is 3.11. The smallest absolute Gasteiger partial charge is 0.240 e. The number of nitrogens with one attached hydrogen (secondary N) is 1. The van der Waals surface area contributed by atoms with Crippen LogP contribution in [0.3, 0.4) is 0 Å². The van der Waals surface area contributed by atoms with E-state index in [9.17, 15) is 9.59 Å². The number of piperazine rings is 1. The summed E-state index contributed by atoms with van der Waals surface area (Å²) < 4.78 is 5.00. The molecule has 0 aliphatic carbocycles. The number of nitrogens with zero attached hydrogens (tertiary/aromatic N) is 2. The van der Waals surface area contributed by atoms with Gasteiger partial charge in [0.1, 0.15) is 0 Å². The summed E-state index contributed by atoms with van der Waals surface area (Å²) in [4.78, 5) is 27.9. The van der Waals surface area contributed by atoms with Crippen LogP contribution in [0.4, 0.5) is 0 Å². The van der Waals surface area contributed by atoms with Gasteiger partial charge in [-0.25, -0.2) is 0 Å². The zero-order valence-electron chi connectivity index (χ0n) is 13.1. The minimum absolute atomic E-state index is 0. The van der Waals surface area contributed by atoms with Crippen molar-refractivity contribution in [3.63, 3.8) is 0 Å². The van der Waals surface area contributed by atoms with Crippen molar-refractivity contribution in [3.8, 4) is 0 Å². The van der Waals surface area contributed by atoms with Crippen molar-refractivity contribution in [1.82, 2.24) is 15.1 Å². The van der Waals surface area contributed by atoms with Gasteiger partial charge < -0.3 is 19.9 Å². The molecule has 2 amide bonds. The summed E-state index contributed by atoms with van der Waals surface area (Å²) in [7, 11) is 1.61. The van der Waals surface area contributed by atoms with Crippen LogP contribution in [0, 0.1) is 0 Å². The van der Waals surface area contributed by atoms with Gasteiger partial charge in [-0.3, -0.25) is 9.59 Å². The Kier molecular flexibility index (Phi) is 10.5. The highest BCUT2D eigenvalue weighted by atomic mass is 35.5. The molecule has 22 heavy (non-hydrogen) atoms. The first kappa shape index (κ1) is 20.6. The van der Waals surface area contributed by atoms with Crippen LogP contribution in [-0.2, 0) is 14.3 Å². The summed E-state index contributed by atoms with van der Waals surface area (Å²) in [6.45, 7) is 10.6. The van der Waals surface area contributed by atoms with E-state index in [2.05, 4.69) is 18.5 Å². The molecule has 1 aliphatic rings. The standard InChI is InChI=1S/C15H25N3O3.ClH/c1-4-7-17(8-5-2)14(19)12-13-15(20)18(9-6-16-13)10-11-21-3;/h4-5,13,16H,1-2,6-12H2,3H3;1H. The van der Waals surface area contributed by atoms with Gasteiger partial charge in [-0.2, -0.15) is 0 Å². The van der Waals surface area contributed by atoms with Crippen molar-refractivity contribution < 1.29 is 14.3 Å². The lowest BCUT2D eigenvalue weighted by Gasteiger charge is -2.33. The van der Waals surface area contributed by atoms with E-state index in [0.29, 0.717) is 39.3 Å². The van der Waals surface area contributed by atoms with Gasteiger partial charge >= 0.3 is 0 Å². The molecule has 0 saturated carbocycles. The first-order chi connectivity index (χ1) is 10.1. The van der Waals surface area contributed by atoms with Gasteiger partial charge in [0.05, 0.1) is 19.1 Å². The second kappa shape index (κ2) is 11.2. The molecule has 1 aliphatic heterocycles. The molecule has 1 atom stereocenters. The quantitative estimate of drug-likeness (QED) is 0.623. The third-order valence-electron chi connectivity index (χ3n) is 3.38. The Morgan fingerprint density at radius 1 is 1.45 bits per heavy atom. The van der Waals surface area contributed by atoms with Gasteiger partial charge in [-0.05, 0) is 0 Å². The number of amides is 2. The largest absolute Gasteiger partial charge is 0.383 e. The maximum absolute atomic E-state index is 12.3. The van der Waals surface area contributed by atoms with Gasteiger partial charge in [0.2, 0.25) is 11.8 Å². The SMILES string of the molecule is C=CCN(CC=C)C(=O)CC1NCCN(CCOC)C1=O.Cl. The monoisotopic (exact) mass is 331 g/mol. The van der Waals surface area contributed by atoms with Crippen LogP contribution in [0.1, 0.15) is 6.42 Å². The molecule has 0 radical (unpaired) electrons. The fourth-order valence-corrected chi connectivity index (χ4v) is 2.27. The zero-order chi connectivity index (χ0) is 15.7. The Hall–Kier alpha value is -1.37. The van der Waals surface area contributed by atoms with E-state index >= 15 is 0 Å². The molecule has 0 spiro atoms. The first-order valence-corrected chi connectivity index (χ1v) is 7.14. The van der Waals surface area contributed by atoms with E-state index in [1.54, 1.807) is 29.1 Å². The molecule has 0 aromatic carbocycles. The number of ether oxygens (including phenoxy) is 1. The second-order valence-corrected chi connectivity index (χ2v) is 4.90. The average molecular weight is 332 g/mol. The molecule has 1 fully saturated rings. The van der Waals surface area contributed by atoms with Crippen molar-refractivity contribution in [3.05, 3.63) is 25.3 Å². The number of carbonyl (C=O) groups is 2. The molecule has 1 heterocycles. The number of halogens is 1. The molecule has 126 valence electrons. The first-order valence-electron chi connectivity index (χ1n) is 7.14. The van der Waals surface area contributed by atoms with Crippen molar-refractivity contribution in [2.45, 2.75) is 12.5 Å². The Balaban J connectivity index is 0.00000441. The van der Waals surface area contributed by atoms with Crippen LogP contribution in [0.25, 0.3) is 0 Å². The maximum atomic E-state index is 12.3. The van der Waals surface area contributed by atoms with Gasteiger partial charge in [0.15, 0.2) is 0 Å². The number of rotatable bonds is 9.